The van der Waals surface area contributed by atoms with E-state index >= 15 is 0 Å². The zero-order valence-electron chi connectivity index (χ0n) is 11.7. The maximum absolute atomic E-state index is 13.2. The quantitative estimate of drug-likeness (QED) is 0.890. The third-order valence-electron chi connectivity index (χ3n) is 3.24. The lowest BCUT2D eigenvalue weighted by atomic mass is 10.1. The lowest BCUT2D eigenvalue weighted by Crippen LogP contribution is -2.09. The largest absolute Gasteiger partial charge is 0.478 e. The number of carboxylic acids is 1. The average molecular weight is 291 g/mol. The summed E-state index contributed by atoms with van der Waals surface area (Å²) in [5.41, 5.74) is 2.07. The van der Waals surface area contributed by atoms with Crippen molar-refractivity contribution in [3.8, 4) is 0 Å². The van der Waals surface area contributed by atoms with E-state index in [0.29, 0.717) is 11.3 Å². The Balaban J connectivity index is 2.28. The first-order valence-corrected chi connectivity index (χ1v) is 6.43. The third kappa shape index (κ3) is 3.56. The number of hydrogen-bond donors (Lipinski definition) is 2. The van der Waals surface area contributed by atoms with Crippen molar-refractivity contribution in [3.05, 3.63) is 64.7 Å². The molecule has 0 heterocycles. The summed E-state index contributed by atoms with van der Waals surface area (Å²) in [6.07, 6.45) is 0. The van der Waals surface area contributed by atoms with Crippen molar-refractivity contribution in [3.63, 3.8) is 0 Å². The van der Waals surface area contributed by atoms with Crippen LogP contribution in [0.4, 0.5) is 14.5 Å². The van der Waals surface area contributed by atoms with Crippen molar-refractivity contribution in [2.24, 2.45) is 0 Å². The van der Waals surface area contributed by atoms with Gasteiger partial charge in [-0.2, -0.15) is 0 Å². The molecule has 110 valence electrons. The van der Waals surface area contributed by atoms with Crippen LogP contribution in [-0.4, -0.2) is 11.1 Å². The maximum Gasteiger partial charge on any atom is 0.335 e. The zero-order chi connectivity index (χ0) is 15.6. The maximum atomic E-state index is 13.2. The van der Waals surface area contributed by atoms with Gasteiger partial charge in [-0.1, -0.05) is 6.07 Å². The lowest BCUT2D eigenvalue weighted by Gasteiger charge is -2.18. The minimum Gasteiger partial charge on any atom is -0.478 e. The molecular formula is C16H15F2NO2. The second-order valence-corrected chi connectivity index (χ2v) is 4.90. The van der Waals surface area contributed by atoms with Crippen molar-refractivity contribution in [1.29, 1.82) is 0 Å². The van der Waals surface area contributed by atoms with Crippen molar-refractivity contribution in [2.45, 2.75) is 19.9 Å². The molecule has 0 aliphatic heterocycles. The molecule has 1 unspecified atom stereocenters. The number of aromatic carboxylic acids is 1. The van der Waals surface area contributed by atoms with E-state index in [2.05, 4.69) is 5.32 Å². The highest BCUT2D eigenvalue weighted by Gasteiger charge is 2.12. The highest BCUT2D eigenvalue weighted by Crippen LogP contribution is 2.24. The van der Waals surface area contributed by atoms with Gasteiger partial charge in [0.25, 0.3) is 0 Å². The first-order chi connectivity index (χ1) is 9.86. The molecule has 2 rings (SSSR count). The predicted octanol–water partition coefficient (Wildman–Crippen LogP) is 4.14. The molecule has 0 radical (unpaired) electrons. The topological polar surface area (TPSA) is 49.3 Å². The number of benzene rings is 2. The summed E-state index contributed by atoms with van der Waals surface area (Å²) in [7, 11) is 0. The van der Waals surface area contributed by atoms with Crippen LogP contribution in [0.3, 0.4) is 0 Å². The molecule has 0 aliphatic carbocycles. The number of hydrogen-bond acceptors (Lipinski definition) is 2. The number of carbonyl (C=O) groups is 1. The van der Waals surface area contributed by atoms with E-state index < -0.39 is 17.6 Å². The van der Waals surface area contributed by atoms with Crippen LogP contribution >= 0.6 is 0 Å². The summed E-state index contributed by atoms with van der Waals surface area (Å²) in [6, 6.07) is 7.64. The van der Waals surface area contributed by atoms with E-state index in [1.165, 1.54) is 24.3 Å². The first kappa shape index (κ1) is 15.0. The van der Waals surface area contributed by atoms with Crippen LogP contribution in [0.15, 0.2) is 36.4 Å². The smallest absolute Gasteiger partial charge is 0.335 e. The summed E-state index contributed by atoms with van der Waals surface area (Å²) in [5.74, 6) is -2.31. The Morgan fingerprint density at radius 2 is 1.76 bits per heavy atom. The lowest BCUT2D eigenvalue weighted by molar-refractivity contribution is 0.0697. The Kier molecular flexibility index (Phi) is 4.21. The van der Waals surface area contributed by atoms with E-state index in [4.69, 9.17) is 5.11 Å². The summed E-state index contributed by atoms with van der Waals surface area (Å²) in [4.78, 5) is 11.0. The molecule has 0 aliphatic rings. The molecule has 1 atom stereocenters. The van der Waals surface area contributed by atoms with Crippen molar-refractivity contribution < 1.29 is 18.7 Å². The second kappa shape index (κ2) is 5.91. The van der Waals surface area contributed by atoms with Crippen LogP contribution < -0.4 is 5.32 Å². The second-order valence-electron chi connectivity index (χ2n) is 4.90. The molecule has 0 saturated heterocycles. The van der Waals surface area contributed by atoms with Crippen LogP contribution in [0.1, 0.15) is 34.5 Å². The minimum atomic E-state index is -1.03. The molecule has 0 saturated carbocycles. The van der Waals surface area contributed by atoms with E-state index in [9.17, 15) is 13.6 Å². The molecule has 3 nitrogen and oxygen atoms in total. The highest BCUT2D eigenvalue weighted by atomic mass is 19.1. The SMILES string of the molecule is Cc1ccc(C(=O)O)cc1NC(C)c1cc(F)cc(F)c1. The Morgan fingerprint density at radius 1 is 1.14 bits per heavy atom. The Bertz CT molecular complexity index is 666. The Hall–Kier alpha value is -2.43. The van der Waals surface area contributed by atoms with Crippen molar-refractivity contribution in [1.82, 2.24) is 0 Å². The van der Waals surface area contributed by atoms with Gasteiger partial charge < -0.3 is 10.4 Å². The van der Waals surface area contributed by atoms with Crippen LogP contribution in [-0.2, 0) is 0 Å². The monoisotopic (exact) mass is 291 g/mol. The van der Waals surface area contributed by atoms with E-state index in [-0.39, 0.29) is 11.6 Å². The van der Waals surface area contributed by atoms with Gasteiger partial charge in [-0.3, -0.25) is 0 Å². The molecular weight excluding hydrogens is 276 g/mol. The number of rotatable bonds is 4. The van der Waals surface area contributed by atoms with Crippen molar-refractivity contribution >= 4 is 11.7 Å². The van der Waals surface area contributed by atoms with Crippen molar-refractivity contribution in [2.75, 3.05) is 5.32 Å². The van der Waals surface area contributed by atoms with Gasteiger partial charge in [-0.05, 0) is 49.2 Å². The third-order valence-corrected chi connectivity index (χ3v) is 3.24. The zero-order valence-corrected chi connectivity index (χ0v) is 11.7. The first-order valence-electron chi connectivity index (χ1n) is 6.43. The summed E-state index contributed by atoms with van der Waals surface area (Å²) in [6.45, 7) is 3.58. The number of anilines is 1. The minimum absolute atomic E-state index is 0.153. The fraction of sp³-hybridized carbons (Fsp3) is 0.188. The fourth-order valence-corrected chi connectivity index (χ4v) is 2.05. The predicted molar refractivity (Wildman–Crippen MR) is 76.5 cm³/mol. The fourth-order valence-electron chi connectivity index (χ4n) is 2.05. The van der Waals surface area contributed by atoms with Crippen LogP contribution in [0, 0.1) is 18.6 Å². The number of aryl methyl sites for hydroxylation is 1. The number of carboxylic acid groups (broad SMARTS) is 1. The normalized spacial score (nSPS) is 12.0. The van der Waals surface area contributed by atoms with Gasteiger partial charge in [0.1, 0.15) is 11.6 Å². The van der Waals surface area contributed by atoms with Gasteiger partial charge in [0.15, 0.2) is 0 Å². The van der Waals surface area contributed by atoms with E-state index in [1.807, 2.05) is 6.92 Å². The molecule has 0 fully saturated rings. The van der Waals surface area contributed by atoms with Gasteiger partial charge >= 0.3 is 5.97 Å². The summed E-state index contributed by atoms with van der Waals surface area (Å²) in [5, 5.41) is 12.1. The van der Waals surface area contributed by atoms with Crippen LogP contribution in [0.5, 0.6) is 0 Å². The van der Waals surface area contributed by atoms with Crippen LogP contribution in [0.2, 0.25) is 0 Å². The molecule has 0 aromatic heterocycles. The van der Waals surface area contributed by atoms with Gasteiger partial charge in [0.2, 0.25) is 0 Å². The van der Waals surface area contributed by atoms with Gasteiger partial charge in [0.05, 0.1) is 5.56 Å². The molecule has 5 heteroatoms. The van der Waals surface area contributed by atoms with Crippen LogP contribution in [0.25, 0.3) is 0 Å². The highest BCUT2D eigenvalue weighted by molar-refractivity contribution is 5.89. The van der Waals surface area contributed by atoms with Gasteiger partial charge in [-0.15, -0.1) is 0 Å². The molecule has 0 bridgehead atoms. The van der Waals surface area contributed by atoms with E-state index in [1.54, 1.807) is 13.0 Å². The standard InChI is InChI=1S/C16H15F2NO2/c1-9-3-4-11(16(20)21)7-15(9)19-10(2)12-5-13(17)8-14(18)6-12/h3-8,10,19H,1-2H3,(H,20,21). The van der Waals surface area contributed by atoms with Gasteiger partial charge in [-0.25, -0.2) is 13.6 Å². The van der Waals surface area contributed by atoms with Gasteiger partial charge in [0, 0.05) is 17.8 Å². The Morgan fingerprint density at radius 3 is 2.33 bits per heavy atom. The number of halogens is 2. The molecule has 2 aromatic rings. The molecule has 0 amide bonds. The molecule has 2 N–H and O–H groups in total. The average Bonchev–Trinajstić information content (AvgIpc) is 2.39. The molecule has 2 aromatic carbocycles. The number of nitrogens with one attached hydrogen (secondary N) is 1. The molecule has 21 heavy (non-hydrogen) atoms. The summed E-state index contributed by atoms with van der Waals surface area (Å²) >= 11 is 0. The Labute approximate surface area is 121 Å². The molecule has 0 spiro atoms. The van der Waals surface area contributed by atoms with E-state index in [0.717, 1.165) is 11.6 Å². The summed E-state index contributed by atoms with van der Waals surface area (Å²) < 4.78 is 26.5.